The van der Waals surface area contributed by atoms with E-state index < -0.39 is 11.9 Å². The topological polar surface area (TPSA) is 90.5 Å². The van der Waals surface area contributed by atoms with Gasteiger partial charge in [-0.25, -0.2) is 0 Å². The molecule has 3 amide bonds. The van der Waals surface area contributed by atoms with Crippen LogP contribution in [0.4, 0.5) is 17.1 Å². The molecule has 0 radical (unpaired) electrons. The summed E-state index contributed by atoms with van der Waals surface area (Å²) in [4.78, 5) is 39.9. The van der Waals surface area contributed by atoms with E-state index >= 15 is 0 Å². The van der Waals surface area contributed by atoms with Crippen molar-refractivity contribution in [2.45, 2.75) is 26.3 Å². The molecule has 0 aliphatic carbocycles. The van der Waals surface area contributed by atoms with Crippen molar-refractivity contribution in [3.8, 4) is 0 Å². The molecule has 0 aliphatic heterocycles. The van der Waals surface area contributed by atoms with Gasteiger partial charge in [-0.05, 0) is 54.4 Å². The molecule has 0 bridgehead atoms. The summed E-state index contributed by atoms with van der Waals surface area (Å²) in [6.45, 7) is 3.89. The van der Waals surface area contributed by atoms with Crippen molar-refractivity contribution in [2.75, 3.05) is 10.3 Å². The SMILES string of the molecule is CC[C@H](C)[C@H](NC(=O)c1ccccc1NC(=O)c1ccccc1)C(=O)NN(c1ccccc1)c1ccccc1. The number of hydrazine groups is 1. The van der Waals surface area contributed by atoms with Crippen LogP contribution in [0.3, 0.4) is 0 Å². The minimum Gasteiger partial charge on any atom is -0.340 e. The molecular weight excluding hydrogens is 488 g/mol. The predicted molar refractivity (Wildman–Crippen MR) is 155 cm³/mol. The number of hydrogen-bond acceptors (Lipinski definition) is 4. The van der Waals surface area contributed by atoms with Gasteiger partial charge in [0.15, 0.2) is 0 Å². The summed E-state index contributed by atoms with van der Waals surface area (Å²) in [5.74, 6) is -1.29. The molecule has 2 atom stereocenters. The summed E-state index contributed by atoms with van der Waals surface area (Å²) in [6, 6.07) is 33.7. The summed E-state index contributed by atoms with van der Waals surface area (Å²) in [5.41, 5.74) is 5.67. The molecular formula is C32H32N4O3. The highest BCUT2D eigenvalue weighted by molar-refractivity contribution is 6.09. The molecule has 4 aromatic carbocycles. The van der Waals surface area contributed by atoms with Gasteiger partial charge in [0.1, 0.15) is 6.04 Å². The normalized spacial score (nSPS) is 12.1. The van der Waals surface area contributed by atoms with E-state index in [1.165, 1.54) is 0 Å². The molecule has 0 saturated carbocycles. The van der Waals surface area contributed by atoms with Gasteiger partial charge in [-0.2, -0.15) is 0 Å². The Bertz CT molecular complexity index is 1360. The Morgan fingerprint density at radius 3 is 1.77 bits per heavy atom. The summed E-state index contributed by atoms with van der Waals surface area (Å²) in [6.07, 6.45) is 0.668. The monoisotopic (exact) mass is 520 g/mol. The molecule has 4 rings (SSSR count). The zero-order valence-electron chi connectivity index (χ0n) is 22.0. The standard InChI is InChI=1S/C32H32N4O3/c1-3-23(2)29(32(39)35-36(25-17-9-5-10-18-25)26-19-11-6-12-20-26)34-31(38)27-21-13-14-22-28(27)33-30(37)24-15-7-4-8-16-24/h4-23,29H,3H2,1-2H3,(H,33,37)(H,34,38)(H,35,39)/t23-,29-/m0/s1. The van der Waals surface area contributed by atoms with Gasteiger partial charge in [-0.3, -0.25) is 24.8 Å². The van der Waals surface area contributed by atoms with E-state index in [-0.39, 0.29) is 23.3 Å². The number of carbonyl (C=O) groups excluding carboxylic acids is 3. The highest BCUT2D eigenvalue weighted by Crippen LogP contribution is 2.23. The highest BCUT2D eigenvalue weighted by atomic mass is 16.2. The van der Waals surface area contributed by atoms with Crippen LogP contribution in [0.1, 0.15) is 41.0 Å². The Morgan fingerprint density at radius 2 is 1.21 bits per heavy atom. The van der Waals surface area contributed by atoms with E-state index in [1.54, 1.807) is 53.5 Å². The number of benzene rings is 4. The second-order valence-electron chi connectivity index (χ2n) is 9.18. The first-order valence-corrected chi connectivity index (χ1v) is 12.9. The fourth-order valence-corrected chi connectivity index (χ4v) is 4.11. The average molecular weight is 521 g/mol. The van der Waals surface area contributed by atoms with E-state index in [9.17, 15) is 14.4 Å². The first-order chi connectivity index (χ1) is 19.0. The van der Waals surface area contributed by atoms with Crippen LogP contribution in [-0.4, -0.2) is 23.8 Å². The predicted octanol–water partition coefficient (Wildman–Crippen LogP) is 5.95. The van der Waals surface area contributed by atoms with E-state index in [1.807, 2.05) is 80.6 Å². The Kier molecular flexibility index (Phi) is 9.08. The summed E-state index contributed by atoms with van der Waals surface area (Å²) in [7, 11) is 0. The number of amides is 3. The molecule has 0 aromatic heterocycles. The maximum atomic E-state index is 13.7. The lowest BCUT2D eigenvalue weighted by atomic mass is 9.98. The Balaban J connectivity index is 1.56. The van der Waals surface area contributed by atoms with Crippen LogP contribution in [0.5, 0.6) is 0 Å². The van der Waals surface area contributed by atoms with Gasteiger partial charge in [0.25, 0.3) is 17.7 Å². The zero-order chi connectivity index (χ0) is 27.6. The zero-order valence-corrected chi connectivity index (χ0v) is 22.0. The molecule has 0 saturated heterocycles. The van der Waals surface area contributed by atoms with E-state index in [2.05, 4.69) is 16.1 Å². The van der Waals surface area contributed by atoms with Crippen LogP contribution in [0.25, 0.3) is 0 Å². The molecule has 3 N–H and O–H groups in total. The third-order valence-corrected chi connectivity index (χ3v) is 6.49. The van der Waals surface area contributed by atoms with E-state index in [4.69, 9.17) is 0 Å². The van der Waals surface area contributed by atoms with Gasteiger partial charge in [0, 0.05) is 5.56 Å². The molecule has 0 spiro atoms. The number of carbonyl (C=O) groups is 3. The van der Waals surface area contributed by atoms with Crippen molar-refractivity contribution in [3.63, 3.8) is 0 Å². The van der Waals surface area contributed by atoms with Gasteiger partial charge in [-0.15, -0.1) is 0 Å². The lowest BCUT2D eigenvalue weighted by Gasteiger charge is -2.30. The highest BCUT2D eigenvalue weighted by Gasteiger charge is 2.29. The van der Waals surface area contributed by atoms with Crippen molar-refractivity contribution in [2.24, 2.45) is 5.92 Å². The Labute approximate surface area is 228 Å². The van der Waals surface area contributed by atoms with Crippen LogP contribution in [0.15, 0.2) is 115 Å². The molecule has 0 heterocycles. The largest absolute Gasteiger partial charge is 0.340 e. The van der Waals surface area contributed by atoms with Crippen molar-refractivity contribution in [1.29, 1.82) is 0 Å². The van der Waals surface area contributed by atoms with Crippen molar-refractivity contribution in [1.82, 2.24) is 10.7 Å². The smallest absolute Gasteiger partial charge is 0.261 e. The van der Waals surface area contributed by atoms with Gasteiger partial charge in [0.05, 0.1) is 22.6 Å². The minimum atomic E-state index is -0.824. The van der Waals surface area contributed by atoms with Crippen LogP contribution in [-0.2, 0) is 4.79 Å². The van der Waals surface area contributed by atoms with Crippen LogP contribution in [0.2, 0.25) is 0 Å². The van der Waals surface area contributed by atoms with Crippen molar-refractivity contribution < 1.29 is 14.4 Å². The first kappa shape index (κ1) is 27.1. The lowest BCUT2D eigenvalue weighted by Crippen LogP contribution is -2.54. The number of hydrogen-bond donors (Lipinski definition) is 3. The molecule has 198 valence electrons. The lowest BCUT2D eigenvalue weighted by molar-refractivity contribution is -0.124. The van der Waals surface area contributed by atoms with Crippen LogP contribution >= 0.6 is 0 Å². The van der Waals surface area contributed by atoms with E-state index in [0.29, 0.717) is 17.7 Å². The second kappa shape index (κ2) is 13.1. The fraction of sp³-hybridized carbons (Fsp3) is 0.156. The third kappa shape index (κ3) is 6.90. The van der Waals surface area contributed by atoms with Crippen molar-refractivity contribution >= 4 is 34.8 Å². The summed E-state index contributed by atoms with van der Waals surface area (Å²) < 4.78 is 0. The molecule has 7 nitrogen and oxygen atoms in total. The second-order valence-corrected chi connectivity index (χ2v) is 9.18. The maximum absolute atomic E-state index is 13.7. The Morgan fingerprint density at radius 1 is 0.692 bits per heavy atom. The first-order valence-electron chi connectivity index (χ1n) is 12.9. The summed E-state index contributed by atoms with van der Waals surface area (Å²) >= 11 is 0. The molecule has 39 heavy (non-hydrogen) atoms. The quantitative estimate of drug-likeness (QED) is 0.225. The molecule has 0 unspecified atom stereocenters. The molecule has 0 aliphatic rings. The van der Waals surface area contributed by atoms with Crippen LogP contribution < -0.4 is 21.1 Å². The number of anilines is 3. The Hall–Kier alpha value is -4.91. The van der Waals surface area contributed by atoms with Gasteiger partial charge < -0.3 is 10.6 Å². The third-order valence-electron chi connectivity index (χ3n) is 6.49. The molecule has 4 aromatic rings. The van der Waals surface area contributed by atoms with E-state index in [0.717, 1.165) is 11.4 Å². The average Bonchev–Trinajstić information content (AvgIpc) is 2.99. The van der Waals surface area contributed by atoms with Gasteiger partial charge in [-0.1, -0.05) is 87.0 Å². The van der Waals surface area contributed by atoms with Crippen molar-refractivity contribution in [3.05, 3.63) is 126 Å². The van der Waals surface area contributed by atoms with Crippen LogP contribution in [0, 0.1) is 5.92 Å². The molecule has 7 heteroatoms. The maximum Gasteiger partial charge on any atom is 0.261 e. The van der Waals surface area contributed by atoms with Gasteiger partial charge >= 0.3 is 0 Å². The summed E-state index contributed by atoms with van der Waals surface area (Å²) in [5, 5.41) is 7.44. The number of nitrogens with one attached hydrogen (secondary N) is 3. The number of rotatable bonds is 10. The fourth-order valence-electron chi connectivity index (χ4n) is 4.11. The molecule has 0 fully saturated rings. The minimum absolute atomic E-state index is 0.159. The number of nitrogens with zero attached hydrogens (tertiary/aromatic N) is 1. The number of para-hydroxylation sites is 3. The van der Waals surface area contributed by atoms with Gasteiger partial charge in [0.2, 0.25) is 0 Å².